The number of hydrogen-bond donors (Lipinski definition) is 3. The number of carboxylic acid groups (broad SMARTS) is 1. The van der Waals surface area contributed by atoms with Gasteiger partial charge in [-0.05, 0) is 37.1 Å². The van der Waals surface area contributed by atoms with Crippen LogP contribution in [0.25, 0.3) is 0 Å². The van der Waals surface area contributed by atoms with E-state index in [0.29, 0.717) is 5.69 Å². The summed E-state index contributed by atoms with van der Waals surface area (Å²) in [6.07, 6.45) is 2.19. The van der Waals surface area contributed by atoms with Gasteiger partial charge >= 0.3 is 5.97 Å². The van der Waals surface area contributed by atoms with E-state index in [1.807, 2.05) is 6.07 Å². The molecule has 15 heavy (non-hydrogen) atoms. The highest BCUT2D eigenvalue weighted by molar-refractivity contribution is 5.93. The zero-order chi connectivity index (χ0) is 10.8. The number of anilines is 1. The van der Waals surface area contributed by atoms with Crippen molar-refractivity contribution in [2.24, 2.45) is 0 Å². The van der Waals surface area contributed by atoms with E-state index in [9.17, 15) is 4.79 Å². The lowest BCUT2D eigenvalue weighted by molar-refractivity contribution is 0.0698. The third-order valence-corrected chi connectivity index (χ3v) is 2.77. The molecule has 0 aliphatic carbocycles. The van der Waals surface area contributed by atoms with Gasteiger partial charge in [-0.2, -0.15) is 0 Å². The number of nitrogen functional groups attached to an aromatic ring is 1. The zero-order valence-corrected chi connectivity index (χ0v) is 8.36. The van der Waals surface area contributed by atoms with Crippen LogP contribution >= 0.6 is 0 Å². The molecule has 80 valence electrons. The zero-order valence-electron chi connectivity index (χ0n) is 8.36. The van der Waals surface area contributed by atoms with E-state index >= 15 is 0 Å². The highest BCUT2D eigenvalue weighted by Crippen LogP contribution is 2.25. The second-order valence-corrected chi connectivity index (χ2v) is 3.80. The summed E-state index contributed by atoms with van der Waals surface area (Å²) < 4.78 is 0. The quantitative estimate of drug-likeness (QED) is 0.639. The van der Waals surface area contributed by atoms with Crippen LogP contribution < -0.4 is 11.1 Å². The Morgan fingerprint density at radius 1 is 1.53 bits per heavy atom. The van der Waals surface area contributed by atoms with Gasteiger partial charge in [0.1, 0.15) is 0 Å². The van der Waals surface area contributed by atoms with Crippen LogP contribution in [0, 0.1) is 0 Å². The minimum absolute atomic E-state index is 0.196. The van der Waals surface area contributed by atoms with Crippen molar-refractivity contribution in [3.8, 4) is 0 Å². The molecule has 0 bridgehead atoms. The summed E-state index contributed by atoms with van der Waals surface area (Å²) >= 11 is 0. The molecule has 4 nitrogen and oxygen atoms in total. The summed E-state index contributed by atoms with van der Waals surface area (Å²) in [4.78, 5) is 10.9. The molecule has 0 spiro atoms. The van der Waals surface area contributed by atoms with Crippen molar-refractivity contribution < 1.29 is 9.90 Å². The van der Waals surface area contributed by atoms with E-state index in [2.05, 4.69) is 5.32 Å². The van der Waals surface area contributed by atoms with E-state index < -0.39 is 5.97 Å². The second kappa shape index (κ2) is 3.90. The maximum absolute atomic E-state index is 10.9. The molecule has 1 saturated heterocycles. The summed E-state index contributed by atoms with van der Waals surface area (Å²) in [6.45, 7) is 0.997. The number of aromatic carboxylic acids is 1. The fourth-order valence-electron chi connectivity index (χ4n) is 1.94. The maximum Gasteiger partial charge on any atom is 0.337 e. The molecule has 1 fully saturated rings. The molecule has 1 aliphatic rings. The monoisotopic (exact) mass is 206 g/mol. The van der Waals surface area contributed by atoms with Gasteiger partial charge in [-0.15, -0.1) is 0 Å². The number of carboxylic acids is 1. The third-order valence-electron chi connectivity index (χ3n) is 2.77. The van der Waals surface area contributed by atoms with Crippen LogP contribution in [0.5, 0.6) is 0 Å². The van der Waals surface area contributed by atoms with Crippen LogP contribution in [-0.2, 0) is 0 Å². The van der Waals surface area contributed by atoms with Crippen molar-refractivity contribution in [1.82, 2.24) is 5.32 Å². The Bertz CT molecular complexity index is 384. The number of rotatable bonds is 2. The number of carbonyl (C=O) groups is 1. The van der Waals surface area contributed by atoms with Crippen LogP contribution in [0.2, 0.25) is 0 Å². The smallest absolute Gasteiger partial charge is 0.337 e. The van der Waals surface area contributed by atoms with Crippen LogP contribution in [-0.4, -0.2) is 17.6 Å². The lowest BCUT2D eigenvalue weighted by atomic mass is 10.0. The summed E-state index contributed by atoms with van der Waals surface area (Å²) in [5.41, 5.74) is 7.12. The molecule has 2 rings (SSSR count). The minimum Gasteiger partial charge on any atom is -0.478 e. The summed E-state index contributed by atoms with van der Waals surface area (Å²) in [5.74, 6) is -0.965. The normalized spacial score (nSPS) is 20.4. The molecule has 0 aromatic heterocycles. The molecule has 0 amide bonds. The molecular weight excluding hydrogens is 192 g/mol. The average Bonchev–Trinajstić information content (AvgIpc) is 2.71. The predicted octanol–water partition coefficient (Wildman–Crippen LogP) is 1.39. The predicted molar refractivity (Wildman–Crippen MR) is 57.8 cm³/mol. The fraction of sp³-hybridized carbons (Fsp3) is 0.364. The average molecular weight is 206 g/mol. The first kappa shape index (κ1) is 9.98. The highest BCUT2D eigenvalue weighted by Gasteiger charge is 2.18. The molecule has 1 atom stereocenters. The maximum atomic E-state index is 10.9. The first-order valence-corrected chi connectivity index (χ1v) is 5.04. The first-order valence-electron chi connectivity index (χ1n) is 5.04. The number of benzene rings is 1. The Morgan fingerprint density at radius 2 is 2.33 bits per heavy atom. The lowest BCUT2D eigenvalue weighted by Gasteiger charge is -2.12. The van der Waals surface area contributed by atoms with Gasteiger partial charge in [-0.3, -0.25) is 0 Å². The molecule has 0 unspecified atom stereocenters. The molecule has 1 aliphatic heterocycles. The van der Waals surface area contributed by atoms with Crippen LogP contribution in [0.4, 0.5) is 5.69 Å². The van der Waals surface area contributed by atoms with Gasteiger partial charge in [0.25, 0.3) is 0 Å². The first-order chi connectivity index (χ1) is 7.18. The van der Waals surface area contributed by atoms with E-state index in [1.54, 1.807) is 12.1 Å². The van der Waals surface area contributed by atoms with E-state index in [1.165, 1.54) is 0 Å². The Balaban J connectivity index is 2.33. The van der Waals surface area contributed by atoms with Gasteiger partial charge in [-0.25, -0.2) is 4.79 Å². The Kier molecular flexibility index (Phi) is 2.60. The van der Waals surface area contributed by atoms with Gasteiger partial charge in [-0.1, -0.05) is 6.07 Å². The van der Waals surface area contributed by atoms with E-state index in [-0.39, 0.29) is 11.6 Å². The fourth-order valence-corrected chi connectivity index (χ4v) is 1.94. The van der Waals surface area contributed by atoms with Crippen molar-refractivity contribution in [1.29, 1.82) is 0 Å². The van der Waals surface area contributed by atoms with Crippen molar-refractivity contribution in [3.05, 3.63) is 29.3 Å². The number of nitrogens with one attached hydrogen (secondary N) is 1. The van der Waals surface area contributed by atoms with Gasteiger partial charge in [0.2, 0.25) is 0 Å². The van der Waals surface area contributed by atoms with Crippen LogP contribution in [0.3, 0.4) is 0 Å². The molecule has 1 aromatic rings. The van der Waals surface area contributed by atoms with Gasteiger partial charge in [0, 0.05) is 11.7 Å². The Labute approximate surface area is 88.1 Å². The topological polar surface area (TPSA) is 75.3 Å². The Hall–Kier alpha value is -1.55. The van der Waals surface area contributed by atoms with E-state index in [4.69, 9.17) is 10.8 Å². The second-order valence-electron chi connectivity index (χ2n) is 3.80. The lowest BCUT2D eigenvalue weighted by Crippen LogP contribution is -2.14. The molecule has 0 radical (unpaired) electrons. The highest BCUT2D eigenvalue weighted by atomic mass is 16.4. The molecule has 4 heteroatoms. The molecule has 4 N–H and O–H groups in total. The summed E-state index contributed by atoms with van der Waals surface area (Å²) in [6, 6.07) is 5.51. The van der Waals surface area contributed by atoms with Gasteiger partial charge in [0.05, 0.1) is 5.56 Å². The largest absolute Gasteiger partial charge is 0.478 e. The standard InChI is InChI=1S/C11H14N2O2/c12-9-4-3-7(6-8(9)11(14)15)10-2-1-5-13-10/h3-4,6,10,13H,1-2,5,12H2,(H,14,15)/t10-/m0/s1. The van der Waals surface area contributed by atoms with Crippen LogP contribution in [0.15, 0.2) is 18.2 Å². The SMILES string of the molecule is Nc1ccc([C@@H]2CCCN2)cc1C(=O)O. The number of hydrogen-bond acceptors (Lipinski definition) is 3. The summed E-state index contributed by atoms with van der Waals surface area (Å²) in [7, 11) is 0. The van der Waals surface area contributed by atoms with Crippen molar-refractivity contribution in [2.45, 2.75) is 18.9 Å². The third kappa shape index (κ3) is 1.94. The molecule has 1 heterocycles. The van der Waals surface area contributed by atoms with E-state index in [0.717, 1.165) is 24.9 Å². The van der Waals surface area contributed by atoms with Crippen molar-refractivity contribution in [2.75, 3.05) is 12.3 Å². The van der Waals surface area contributed by atoms with Crippen LogP contribution in [0.1, 0.15) is 34.8 Å². The minimum atomic E-state index is -0.965. The van der Waals surface area contributed by atoms with Crippen molar-refractivity contribution >= 4 is 11.7 Å². The Morgan fingerprint density at radius 3 is 2.93 bits per heavy atom. The molecular formula is C11H14N2O2. The summed E-state index contributed by atoms with van der Waals surface area (Å²) in [5, 5.41) is 12.3. The van der Waals surface area contributed by atoms with Gasteiger partial charge in [0.15, 0.2) is 0 Å². The molecule has 1 aromatic carbocycles. The van der Waals surface area contributed by atoms with Gasteiger partial charge < -0.3 is 16.2 Å². The van der Waals surface area contributed by atoms with Crippen molar-refractivity contribution in [3.63, 3.8) is 0 Å². The molecule has 0 saturated carbocycles. The number of nitrogens with two attached hydrogens (primary N) is 1.